The van der Waals surface area contributed by atoms with Gasteiger partial charge in [-0.2, -0.15) is 0 Å². The minimum Gasteiger partial charge on any atom is -0.495 e. The number of carbonyl (C=O) groups excluding carboxylic acids is 1. The fraction of sp³-hybridized carbons (Fsp3) is 0.227. The maximum Gasteiger partial charge on any atom is 0.274 e. The Morgan fingerprint density at radius 3 is 2.66 bits per heavy atom. The predicted octanol–water partition coefficient (Wildman–Crippen LogP) is 4.15. The van der Waals surface area contributed by atoms with Gasteiger partial charge in [0.1, 0.15) is 28.9 Å². The molecule has 0 aliphatic rings. The third-order valence-electron chi connectivity index (χ3n) is 4.33. The first-order valence-corrected chi connectivity index (χ1v) is 9.25. The van der Waals surface area contributed by atoms with Crippen LogP contribution in [-0.4, -0.2) is 29.5 Å². The van der Waals surface area contributed by atoms with Gasteiger partial charge in [-0.1, -0.05) is 24.3 Å². The summed E-state index contributed by atoms with van der Waals surface area (Å²) in [4.78, 5) is 21.2. The normalized spacial score (nSPS) is 10.5. The lowest BCUT2D eigenvalue weighted by molar-refractivity contribution is 0.102. The standard InChI is InChI=1S/C22H23FN4O2/c1-14-8-9-20(29-3)18(12-14)27-22(28)19-13-21(26-15(2)25-19)24-11-10-16-6-4-5-7-17(16)23/h4-9,12-13H,10-11H2,1-3H3,(H,27,28)(H,24,25,26). The summed E-state index contributed by atoms with van der Waals surface area (Å²) < 4.78 is 19.0. The molecule has 0 saturated carbocycles. The molecule has 0 aliphatic carbocycles. The van der Waals surface area contributed by atoms with Gasteiger partial charge < -0.3 is 15.4 Å². The van der Waals surface area contributed by atoms with E-state index in [2.05, 4.69) is 20.6 Å². The second-order valence-electron chi connectivity index (χ2n) is 6.61. The first-order valence-electron chi connectivity index (χ1n) is 9.25. The van der Waals surface area contributed by atoms with Gasteiger partial charge in [0.15, 0.2) is 0 Å². The topological polar surface area (TPSA) is 76.1 Å². The van der Waals surface area contributed by atoms with E-state index in [1.54, 1.807) is 44.4 Å². The van der Waals surface area contributed by atoms with E-state index in [0.717, 1.165) is 5.56 Å². The van der Waals surface area contributed by atoms with Crippen LogP contribution < -0.4 is 15.4 Å². The Hall–Kier alpha value is -3.48. The Bertz CT molecular complexity index is 1020. The van der Waals surface area contributed by atoms with Gasteiger partial charge in [-0.25, -0.2) is 14.4 Å². The third kappa shape index (κ3) is 5.28. The molecule has 0 spiro atoms. The molecule has 3 aromatic rings. The van der Waals surface area contributed by atoms with E-state index in [0.29, 0.717) is 41.6 Å². The third-order valence-corrected chi connectivity index (χ3v) is 4.33. The Morgan fingerprint density at radius 1 is 1.10 bits per heavy atom. The van der Waals surface area contributed by atoms with Crippen molar-refractivity contribution in [3.63, 3.8) is 0 Å². The summed E-state index contributed by atoms with van der Waals surface area (Å²) in [5, 5.41) is 5.96. The number of nitrogens with zero attached hydrogens (tertiary/aromatic N) is 2. The summed E-state index contributed by atoms with van der Waals surface area (Å²) >= 11 is 0. The number of hydrogen-bond acceptors (Lipinski definition) is 5. The van der Waals surface area contributed by atoms with Crippen molar-refractivity contribution in [3.05, 3.63) is 77.0 Å². The van der Waals surface area contributed by atoms with Gasteiger partial charge in [0.2, 0.25) is 0 Å². The number of amides is 1. The lowest BCUT2D eigenvalue weighted by Gasteiger charge is -2.12. The lowest BCUT2D eigenvalue weighted by atomic mass is 10.1. The minimum atomic E-state index is -0.364. The van der Waals surface area contributed by atoms with Gasteiger partial charge in [0, 0.05) is 12.6 Å². The lowest BCUT2D eigenvalue weighted by Crippen LogP contribution is -2.17. The van der Waals surface area contributed by atoms with Crippen molar-refractivity contribution >= 4 is 17.4 Å². The van der Waals surface area contributed by atoms with Crippen LogP contribution in [0.2, 0.25) is 0 Å². The van der Waals surface area contributed by atoms with E-state index in [9.17, 15) is 9.18 Å². The first kappa shape index (κ1) is 20.3. The van der Waals surface area contributed by atoms with Crippen LogP contribution in [0.4, 0.5) is 15.9 Å². The highest BCUT2D eigenvalue weighted by Crippen LogP contribution is 2.25. The molecular formula is C22H23FN4O2. The van der Waals surface area contributed by atoms with Crippen molar-refractivity contribution in [2.45, 2.75) is 20.3 Å². The number of aryl methyl sites for hydroxylation is 2. The second kappa shape index (κ2) is 9.14. The fourth-order valence-electron chi connectivity index (χ4n) is 2.91. The van der Waals surface area contributed by atoms with Crippen LogP contribution in [0.15, 0.2) is 48.5 Å². The smallest absolute Gasteiger partial charge is 0.274 e. The molecule has 29 heavy (non-hydrogen) atoms. The zero-order chi connectivity index (χ0) is 20.8. The van der Waals surface area contributed by atoms with Crippen LogP contribution in [0.3, 0.4) is 0 Å². The number of benzene rings is 2. The van der Waals surface area contributed by atoms with Crippen LogP contribution in [0.1, 0.15) is 27.4 Å². The number of carbonyl (C=O) groups is 1. The quantitative estimate of drug-likeness (QED) is 0.630. The van der Waals surface area contributed by atoms with Crippen LogP contribution in [0, 0.1) is 19.7 Å². The zero-order valence-corrected chi connectivity index (χ0v) is 16.6. The summed E-state index contributed by atoms with van der Waals surface area (Å²) in [6.45, 7) is 4.12. The Kier molecular flexibility index (Phi) is 6.39. The molecular weight excluding hydrogens is 371 g/mol. The fourth-order valence-corrected chi connectivity index (χ4v) is 2.91. The number of hydrogen-bond donors (Lipinski definition) is 2. The summed E-state index contributed by atoms with van der Waals surface area (Å²) in [6, 6.07) is 13.8. The van der Waals surface area contributed by atoms with Crippen molar-refractivity contribution in [1.29, 1.82) is 0 Å². The molecule has 1 aromatic heterocycles. The average molecular weight is 394 g/mol. The SMILES string of the molecule is COc1ccc(C)cc1NC(=O)c1cc(NCCc2ccccc2F)nc(C)n1. The number of anilines is 2. The number of ether oxygens (including phenoxy) is 1. The molecule has 1 amide bonds. The van der Waals surface area contributed by atoms with Crippen LogP contribution >= 0.6 is 0 Å². The van der Waals surface area contributed by atoms with Gasteiger partial charge in [-0.05, 0) is 49.6 Å². The van der Waals surface area contributed by atoms with Crippen molar-refractivity contribution in [1.82, 2.24) is 9.97 Å². The maximum atomic E-state index is 13.7. The van der Waals surface area contributed by atoms with Gasteiger partial charge in [0.25, 0.3) is 5.91 Å². The summed E-state index contributed by atoms with van der Waals surface area (Å²) in [7, 11) is 1.55. The molecule has 2 aromatic carbocycles. The predicted molar refractivity (Wildman–Crippen MR) is 111 cm³/mol. The molecule has 0 fully saturated rings. The summed E-state index contributed by atoms with van der Waals surface area (Å²) in [6.07, 6.45) is 0.498. The molecule has 0 unspecified atom stereocenters. The Morgan fingerprint density at radius 2 is 1.90 bits per heavy atom. The molecule has 0 bridgehead atoms. The van der Waals surface area contributed by atoms with Gasteiger partial charge in [0.05, 0.1) is 12.8 Å². The number of nitrogens with one attached hydrogen (secondary N) is 2. The van der Waals surface area contributed by atoms with Gasteiger partial charge in [-0.15, -0.1) is 0 Å². The van der Waals surface area contributed by atoms with Crippen molar-refractivity contribution in [2.24, 2.45) is 0 Å². The minimum absolute atomic E-state index is 0.231. The maximum absolute atomic E-state index is 13.7. The van der Waals surface area contributed by atoms with Crippen LogP contribution in [0.25, 0.3) is 0 Å². The highest BCUT2D eigenvalue weighted by molar-refractivity contribution is 6.04. The highest BCUT2D eigenvalue weighted by atomic mass is 19.1. The van der Waals surface area contributed by atoms with Gasteiger partial charge in [-0.3, -0.25) is 4.79 Å². The Labute approximate surface area is 169 Å². The van der Waals surface area contributed by atoms with Crippen LogP contribution in [-0.2, 0) is 6.42 Å². The first-order chi connectivity index (χ1) is 14.0. The van der Waals surface area contributed by atoms with E-state index in [1.807, 2.05) is 19.1 Å². The van der Waals surface area contributed by atoms with Crippen LogP contribution in [0.5, 0.6) is 5.75 Å². The number of methoxy groups -OCH3 is 1. The summed E-state index contributed by atoms with van der Waals surface area (Å²) in [5.41, 5.74) is 2.42. The Balaban J connectivity index is 1.70. The van der Waals surface area contributed by atoms with Gasteiger partial charge >= 0.3 is 0 Å². The molecule has 150 valence electrons. The highest BCUT2D eigenvalue weighted by Gasteiger charge is 2.13. The van der Waals surface area contributed by atoms with Crippen molar-refractivity contribution in [2.75, 3.05) is 24.3 Å². The molecule has 3 rings (SSSR count). The molecule has 0 saturated heterocycles. The van der Waals surface area contributed by atoms with Crippen molar-refractivity contribution in [3.8, 4) is 5.75 Å². The van der Waals surface area contributed by atoms with E-state index >= 15 is 0 Å². The molecule has 1 heterocycles. The molecule has 2 N–H and O–H groups in total. The number of rotatable bonds is 7. The molecule has 6 nitrogen and oxygen atoms in total. The number of aromatic nitrogens is 2. The molecule has 0 atom stereocenters. The van der Waals surface area contributed by atoms with E-state index < -0.39 is 0 Å². The second-order valence-corrected chi connectivity index (χ2v) is 6.61. The van der Waals surface area contributed by atoms with E-state index in [-0.39, 0.29) is 17.4 Å². The molecule has 0 aliphatic heterocycles. The van der Waals surface area contributed by atoms with Crippen molar-refractivity contribution < 1.29 is 13.9 Å². The van der Waals surface area contributed by atoms with E-state index in [1.165, 1.54) is 6.07 Å². The zero-order valence-electron chi connectivity index (χ0n) is 16.6. The number of halogens is 1. The average Bonchev–Trinajstić information content (AvgIpc) is 2.69. The largest absolute Gasteiger partial charge is 0.495 e. The summed E-state index contributed by atoms with van der Waals surface area (Å²) in [5.74, 6) is 0.937. The molecule has 0 radical (unpaired) electrons. The monoisotopic (exact) mass is 394 g/mol. The van der Waals surface area contributed by atoms with E-state index in [4.69, 9.17) is 4.74 Å². The molecule has 7 heteroatoms.